The van der Waals surface area contributed by atoms with Crippen molar-refractivity contribution in [1.29, 1.82) is 0 Å². The summed E-state index contributed by atoms with van der Waals surface area (Å²) < 4.78 is 25.1. The lowest BCUT2D eigenvalue weighted by Gasteiger charge is -2.53. The lowest BCUT2D eigenvalue weighted by Crippen LogP contribution is -2.59. The van der Waals surface area contributed by atoms with Gasteiger partial charge in [0.1, 0.15) is 22.2 Å². The van der Waals surface area contributed by atoms with E-state index in [0.717, 1.165) is 50.9 Å². The molecule has 2 fully saturated rings. The average Bonchev–Trinajstić information content (AvgIpc) is 3.42. The van der Waals surface area contributed by atoms with Crippen molar-refractivity contribution >= 4 is 46.3 Å². The lowest BCUT2D eigenvalue weighted by molar-refractivity contribution is -0.000511. The van der Waals surface area contributed by atoms with E-state index in [9.17, 15) is 18.8 Å². The molecule has 0 radical (unpaired) electrons. The van der Waals surface area contributed by atoms with Gasteiger partial charge < -0.3 is 24.6 Å². The van der Waals surface area contributed by atoms with Crippen molar-refractivity contribution in [1.82, 2.24) is 9.97 Å². The molecule has 7 rings (SSSR count). The van der Waals surface area contributed by atoms with Crippen LogP contribution in [0.3, 0.4) is 0 Å². The Balaban J connectivity index is 1.07. The fraction of sp³-hybridized carbons (Fsp3) is 0.324. The van der Waals surface area contributed by atoms with Crippen molar-refractivity contribution in [3.63, 3.8) is 0 Å². The monoisotopic (exact) mass is 641 g/mol. The minimum atomic E-state index is -0.573. The second kappa shape index (κ2) is 12.3. The highest BCUT2D eigenvalue weighted by Gasteiger charge is 2.45. The van der Waals surface area contributed by atoms with Gasteiger partial charge in [-0.2, -0.15) is 0 Å². The Morgan fingerprint density at radius 2 is 1.87 bits per heavy atom. The summed E-state index contributed by atoms with van der Waals surface area (Å²) in [6.07, 6.45) is 5.28. The number of hydrogen-bond donors (Lipinski definition) is 1. The highest BCUT2D eigenvalue weighted by atomic mass is 32.1. The molecule has 1 spiro atoms. The van der Waals surface area contributed by atoms with Crippen molar-refractivity contribution in [3.05, 3.63) is 88.3 Å². The topological polar surface area (TPSA) is 114 Å². The van der Waals surface area contributed by atoms with Gasteiger partial charge in [0.25, 0.3) is 11.8 Å². The Morgan fingerprint density at radius 1 is 1.09 bits per heavy atom. The molecule has 4 aromatic rings. The number of pyridine rings is 2. The molecular weight excluding hydrogens is 609 g/mol. The summed E-state index contributed by atoms with van der Waals surface area (Å²) in [5.41, 5.74) is 3.23. The molecule has 2 amide bonds. The summed E-state index contributed by atoms with van der Waals surface area (Å²) in [5, 5.41) is 2.94. The zero-order chi connectivity index (χ0) is 31.8. The molecule has 12 heteroatoms. The summed E-state index contributed by atoms with van der Waals surface area (Å²) in [6.45, 7) is 5.50. The molecule has 0 bridgehead atoms. The van der Waals surface area contributed by atoms with E-state index in [1.54, 1.807) is 55.6 Å². The maximum absolute atomic E-state index is 14.5. The largest absolute Gasteiger partial charge is 0.462 e. The first-order valence-corrected chi connectivity index (χ1v) is 16.1. The number of anilines is 3. The van der Waals surface area contributed by atoms with E-state index in [0.29, 0.717) is 50.2 Å². The van der Waals surface area contributed by atoms with Crippen molar-refractivity contribution in [2.45, 2.75) is 26.2 Å². The Kier molecular flexibility index (Phi) is 7.99. The number of thiophene rings is 1. The number of halogens is 1. The van der Waals surface area contributed by atoms with Crippen molar-refractivity contribution in [3.8, 4) is 10.6 Å². The fourth-order valence-corrected chi connectivity index (χ4v) is 7.51. The molecule has 2 saturated heterocycles. The average molecular weight is 642 g/mol. The van der Waals surface area contributed by atoms with Crippen LogP contribution in [0.2, 0.25) is 0 Å². The highest BCUT2D eigenvalue weighted by Crippen LogP contribution is 2.43. The number of esters is 1. The van der Waals surface area contributed by atoms with E-state index in [1.807, 2.05) is 0 Å². The van der Waals surface area contributed by atoms with Gasteiger partial charge in [0, 0.05) is 61.8 Å². The molecule has 0 saturated carbocycles. The van der Waals surface area contributed by atoms with Gasteiger partial charge in [0.2, 0.25) is 0 Å². The normalized spacial score (nSPS) is 16.6. The molecule has 0 aliphatic carbocycles. The standard InChI is InChI=1S/C34H32FN5O5S/c1-2-45-33(43)27-16-22-9-13-40(26-17-23(35)18-37-28(26)29(22)46-27)32(42)21-5-7-24(8-6-21)38-31(41)25-4-3-12-36-30(25)39-19-34(20-39)10-14-44-15-11-34/h3-8,12,16-18H,2,9-11,13-15,19-20H2,1H3,(H,38,41). The predicted octanol–water partition coefficient (Wildman–Crippen LogP) is 5.59. The number of ether oxygens (including phenoxy) is 2. The molecule has 3 aliphatic heterocycles. The third-order valence-electron chi connectivity index (χ3n) is 8.80. The number of aromatic nitrogens is 2. The minimum Gasteiger partial charge on any atom is -0.462 e. The van der Waals surface area contributed by atoms with Gasteiger partial charge in [-0.05, 0) is 74.2 Å². The van der Waals surface area contributed by atoms with Gasteiger partial charge in [0.05, 0.1) is 28.9 Å². The molecule has 0 atom stereocenters. The number of rotatable bonds is 6. The van der Waals surface area contributed by atoms with E-state index in [2.05, 4.69) is 20.2 Å². The first kappa shape index (κ1) is 30.0. The number of nitrogens with zero attached hydrogens (tertiary/aromatic N) is 4. The molecular formula is C34H32FN5O5S. The molecule has 10 nitrogen and oxygen atoms in total. The number of amides is 2. The van der Waals surface area contributed by atoms with Crippen LogP contribution < -0.4 is 15.1 Å². The zero-order valence-corrected chi connectivity index (χ0v) is 26.1. The fourth-order valence-electron chi connectivity index (χ4n) is 6.40. The quantitative estimate of drug-likeness (QED) is 0.271. The van der Waals surface area contributed by atoms with Crippen molar-refractivity contribution in [2.75, 3.05) is 54.6 Å². The number of benzene rings is 1. The first-order valence-electron chi connectivity index (χ1n) is 15.3. The second-order valence-corrected chi connectivity index (χ2v) is 12.8. The van der Waals surface area contributed by atoms with E-state index in [-0.39, 0.29) is 30.4 Å². The summed E-state index contributed by atoms with van der Waals surface area (Å²) in [6, 6.07) is 13.2. The zero-order valence-electron chi connectivity index (χ0n) is 25.3. The van der Waals surface area contributed by atoms with Crippen LogP contribution in [-0.2, 0) is 15.9 Å². The highest BCUT2D eigenvalue weighted by molar-refractivity contribution is 7.17. The van der Waals surface area contributed by atoms with E-state index >= 15 is 0 Å². The van der Waals surface area contributed by atoms with Gasteiger partial charge >= 0.3 is 5.97 Å². The third kappa shape index (κ3) is 5.62. The van der Waals surface area contributed by atoms with Crippen molar-refractivity contribution < 1.29 is 28.2 Å². The minimum absolute atomic E-state index is 0.235. The SMILES string of the molecule is CCOC(=O)c1cc2c(s1)-c1ncc(F)cc1N(C(=O)c1ccc(NC(=O)c3cccnc3N3CC4(CCOCC4)C3)cc1)CC2. The molecule has 3 aromatic heterocycles. The smallest absolute Gasteiger partial charge is 0.348 e. The van der Waals surface area contributed by atoms with Crippen LogP contribution in [0.15, 0.2) is 60.9 Å². The van der Waals surface area contributed by atoms with Gasteiger partial charge in [-0.25, -0.2) is 14.2 Å². The molecule has 236 valence electrons. The maximum Gasteiger partial charge on any atom is 0.348 e. The van der Waals surface area contributed by atoms with E-state index < -0.39 is 11.8 Å². The number of carbonyl (C=O) groups excluding carboxylic acids is 3. The van der Waals surface area contributed by atoms with E-state index in [4.69, 9.17) is 9.47 Å². The van der Waals surface area contributed by atoms with Crippen molar-refractivity contribution in [2.24, 2.45) is 5.41 Å². The number of hydrogen-bond acceptors (Lipinski definition) is 9. The van der Waals surface area contributed by atoms with Crippen LogP contribution in [0.5, 0.6) is 0 Å². The molecule has 1 N–H and O–H groups in total. The molecule has 3 aliphatic rings. The third-order valence-corrected chi connectivity index (χ3v) is 9.97. The van der Waals surface area contributed by atoms with Gasteiger partial charge in [-0.1, -0.05) is 0 Å². The lowest BCUT2D eigenvalue weighted by atomic mass is 9.73. The summed E-state index contributed by atoms with van der Waals surface area (Å²) in [4.78, 5) is 53.2. The summed E-state index contributed by atoms with van der Waals surface area (Å²) in [7, 11) is 0. The predicted molar refractivity (Wildman–Crippen MR) is 172 cm³/mol. The second-order valence-electron chi connectivity index (χ2n) is 11.8. The number of nitrogens with one attached hydrogen (secondary N) is 1. The van der Waals surface area contributed by atoms with Crippen LogP contribution in [0.4, 0.5) is 21.6 Å². The summed E-state index contributed by atoms with van der Waals surface area (Å²) in [5.74, 6) is -0.954. The number of fused-ring (bicyclic) bond motifs is 3. The summed E-state index contributed by atoms with van der Waals surface area (Å²) >= 11 is 1.22. The Hall–Kier alpha value is -4.68. The molecule has 6 heterocycles. The Bertz CT molecular complexity index is 1810. The van der Waals surface area contributed by atoms with Gasteiger partial charge in [-0.15, -0.1) is 11.3 Å². The number of carbonyl (C=O) groups is 3. The van der Waals surface area contributed by atoms with Gasteiger partial charge in [-0.3, -0.25) is 14.6 Å². The Labute approximate surface area is 269 Å². The van der Waals surface area contributed by atoms with Crippen LogP contribution in [0.25, 0.3) is 10.6 Å². The first-order chi connectivity index (χ1) is 22.3. The van der Waals surface area contributed by atoms with E-state index in [1.165, 1.54) is 22.3 Å². The molecule has 0 unspecified atom stereocenters. The van der Waals surface area contributed by atoms with Crippen LogP contribution in [-0.4, -0.2) is 67.2 Å². The molecule has 46 heavy (non-hydrogen) atoms. The maximum atomic E-state index is 14.5. The van der Waals surface area contributed by atoms with Gasteiger partial charge in [0.15, 0.2) is 0 Å². The van der Waals surface area contributed by atoms with Crippen LogP contribution in [0.1, 0.15) is 55.7 Å². The van der Waals surface area contributed by atoms with Crippen LogP contribution >= 0.6 is 11.3 Å². The Morgan fingerprint density at radius 3 is 2.63 bits per heavy atom. The molecule has 1 aromatic carbocycles. The van der Waals surface area contributed by atoms with Crippen LogP contribution in [0, 0.1) is 11.2 Å².